The molecule has 2 amide bonds. The number of aromatic nitrogens is 4. The molecule has 4 aromatic rings. The number of amides is 2. The molecule has 6 rings (SSSR count). The van der Waals surface area contributed by atoms with Gasteiger partial charge in [0, 0.05) is 54.1 Å². The van der Waals surface area contributed by atoms with Crippen molar-refractivity contribution in [2.45, 2.75) is 31.8 Å². The number of H-pyrrole nitrogens is 1. The van der Waals surface area contributed by atoms with E-state index in [0.29, 0.717) is 22.6 Å². The number of nitrogens with zero attached hydrogens (tertiary/aromatic N) is 4. The summed E-state index contributed by atoms with van der Waals surface area (Å²) in [5, 5.41) is 13.7. The predicted molar refractivity (Wildman–Crippen MR) is 144 cm³/mol. The van der Waals surface area contributed by atoms with Crippen LogP contribution in [0.25, 0.3) is 22.0 Å². The molecule has 0 bridgehead atoms. The first kappa shape index (κ1) is 24.1. The van der Waals surface area contributed by atoms with Gasteiger partial charge in [0.15, 0.2) is 5.69 Å². The summed E-state index contributed by atoms with van der Waals surface area (Å²) >= 11 is 0. The van der Waals surface area contributed by atoms with Gasteiger partial charge in [0.1, 0.15) is 6.10 Å². The minimum absolute atomic E-state index is 0.0317. The Balaban J connectivity index is 1.18. The van der Waals surface area contributed by atoms with Crippen LogP contribution in [-0.2, 0) is 4.79 Å². The van der Waals surface area contributed by atoms with Crippen molar-refractivity contribution in [2.24, 2.45) is 5.92 Å². The topological polar surface area (TPSA) is 125 Å². The molecule has 10 nitrogen and oxygen atoms in total. The van der Waals surface area contributed by atoms with Crippen molar-refractivity contribution in [1.29, 1.82) is 0 Å². The number of carbonyl (C=O) groups excluding carboxylic acids is 2. The molecular formula is C28H29N7O3. The number of ether oxygens (including phenoxy) is 1. The monoisotopic (exact) mass is 511 g/mol. The number of carbonyl (C=O) groups is 2. The second kappa shape index (κ2) is 10.2. The Labute approximate surface area is 219 Å². The number of aromatic amines is 1. The average Bonchev–Trinajstić information content (AvgIpc) is 3.69. The Kier molecular flexibility index (Phi) is 6.47. The van der Waals surface area contributed by atoms with Crippen molar-refractivity contribution >= 4 is 34.1 Å². The third-order valence-corrected chi connectivity index (χ3v) is 7.01. The number of likely N-dealkylation sites (tertiary alicyclic amines) is 1. The summed E-state index contributed by atoms with van der Waals surface area (Å²) in [6, 6.07) is 11.1. The van der Waals surface area contributed by atoms with E-state index in [1.165, 1.54) is 0 Å². The van der Waals surface area contributed by atoms with Gasteiger partial charge in [-0.15, -0.1) is 0 Å². The third kappa shape index (κ3) is 5.35. The zero-order chi connectivity index (χ0) is 26.1. The first-order valence-electron chi connectivity index (χ1n) is 12.9. The van der Waals surface area contributed by atoms with Gasteiger partial charge in [-0.05, 0) is 62.6 Å². The molecule has 2 aliphatic rings. The molecule has 194 valence electrons. The van der Waals surface area contributed by atoms with Crippen LogP contribution in [0, 0.1) is 5.92 Å². The van der Waals surface area contributed by atoms with E-state index >= 15 is 0 Å². The highest BCUT2D eigenvalue weighted by Crippen LogP contribution is 2.31. The van der Waals surface area contributed by atoms with Gasteiger partial charge < -0.3 is 20.3 Å². The fourth-order valence-electron chi connectivity index (χ4n) is 4.64. The van der Waals surface area contributed by atoms with Crippen molar-refractivity contribution < 1.29 is 14.3 Å². The quantitative estimate of drug-likeness (QED) is 0.341. The maximum Gasteiger partial charge on any atom is 0.276 e. The molecule has 0 radical (unpaired) electrons. The fourth-order valence-corrected chi connectivity index (χ4v) is 4.64. The smallest absolute Gasteiger partial charge is 0.276 e. The second-order valence-electron chi connectivity index (χ2n) is 10.0. The van der Waals surface area contributed by atoms with E-state index in [-0.39, 0.29) is 29.5 Å². The molecule has 10 heteroatoms. The van der Waals surface area contributed by atoms with E-state index in [1.54, 1.807) is 30.7 Å². The summed E-state index contributed by atoms with van der Waals surface area (Å²) < 4.78 is 6.06. The van der Waals surface area contributed by atoms with Crippen LogP contribution in [0.4, 0.5) is 11.4 Å². The van der Waals surface area contributed by atoms with Gasteiger partial charge in [-0.1, -0.05) is 6.07 Å². The van der Waals surface area contributed by atoms with Crippen LogP contribution in [-0.4, -0.2) is 63.1 Å². The highest BCUT2D eigenvalue weighted by molar-refractivity contribution is 6.11. The highest BCUT2D eigenvalue weighted by Gasteiger charge is 2.29. The molecule has 1 saturated heterocycles. The number of pyridine rings is 2. The number of nitrogens with one attached hydrogen (secondary N) is 3. The number of piperidine rings is 1. The van der Waals surface area contributed by atoms with Crippen LogP contribution >= 0.6 is 0 Å². The maximum absolute atomic E-state index is 13.2. The fraction of sp³-hybridized carbons (Fsp3) is 0.321. The number of anilines is 2. The molecule has 0 unspecified atom stereocenters. The largest absolute Gasteiger partial charge is 0.474 e. The maximum atomic E-state index is 13.2. The zero-order valence-electron chi connectivity index (χ0n) is 21.1. The molecule has 0 atom stereocenters. The molecule has 3 aromatic heterocycles. The van der Waals surface area contributed by atoms with E-state index in [0.717, 1.165) is 55.4 Å². The SMILES string of the molecule is CN1CCC(Oc2cc(NC(=O)c3n[nH]c4ccc(-c5cncc(NC(=O)C6CC6)c5)cc34)ccn2)CC1. The van der Waals surface area contributed by atoms with Gasteiger partial charge in [0.2, 0.25) is 11.8 Å². The van der Waals surface area contributed by atoms with Crippen LogP contribution in [0.2, 0.25) is 0 Å². The van der Waals surface area contributed by atoms with Crippen molar-refractivity contribution in [2.75, 3.05) is 30.8 Å². The molecule has 1 aliphatic carbocycles. The Morgan fingerprint density at radius 2 is 1.82 bits per heavy atom. The minimum Gasteiger partial charge on any atom is -0.474 e. The molecule has 4 heterocycles. The van der Waals surface area contributed by atoms with Crippen LogP contribution in [0.5, 0.6) is 5.88 Å². The first-order chi connectivity index (χ1) is 18.5. The van der Waals surface area contributed by atoms with Gasteiger partial charge in [0.25, 0.3) is 5.91 Å². The van der Waals surface area contributed by atoms with Gasteiger partial charge in [0.05, 0.1) is 17.4 Å². The summed E-state index contributed by atoms with van der Waals surface area (Å²) in [6.45, 7) is 1.98. The van der Waals surface area contributed by atoms with Crippen LogP contribution in [0.15, 0.2) is 55.0 Å². The standard InChI is InChI=1S/C28H29N7O3/c1-35-10-7-22(8-11-35)38-25-14-20(6-9-30-25)31-28(37)26-23-13-18(4-5-24(23)33-34-26)19-12-21(16-29-15-19)32-27(36)17-2-3-17/h4-6,9,12-17,22H,2-3,7-8,10-11H2,1H3,(H,32,36)(H,33,34)(H,30,31,37). The van der Waals surface area contributed by atoms with Gasteiger partial charge in [-0.2, -0.15) is 5.10 Å². The van der Waals surface area contributed by atoms with E-state index in [2.05, 4.69) is 42.7 Å². The number of rotatable bonds is 7. The number of hydrogen-bond acceptors (Lipinski definition) is 7. The third-order valence-electron chi connectivity index (χ3n) is 7.01. The lowest BCUT2D eigenvalue weighted by atomic mass is 10.0. The minimum atomic E-state index is -0.339. The molecule has 0 spiro atoms. The highest BCUT2D eigenvalue weighted by atomic mass is 16.5. The lowest BCUT2D eigenvalue weighted by Gasteiger charge is -2.28. The Hall–Kier alpha value is -4.31. The first-order valence-corrected chi connectivity index (χ1v) is 12.9. The molecule has 1 aliphatic heterocycles. The number of fused-ring (bicyclic) bond motifs is 1. The Morgan fingerprint density at radius 3 is 2.63 bits per heavy atom. The summed E-state index contributed by atoms with van der Waals surface area (Å²) in [7, 11) is 2.11. The lowest BCUT2D eigenvalue weighted by molar-refractivity contribution is -0.117. The van der Waals surface area contributed by atoms with Crippen LogP contribution in [0.1, 0.15) is 36.2 Å². The zero-order valence-corrected chi connectivity index (χ0v) is 21.1. The number of hydrogen-bond donors (Lipinski definition) is 3. The number of benzene rings is 1. The van der Waals surface area contributed by atoms with Crippen LogP contribution in [0.3, 0.4) is 0 Å². The van der Waals surface area contributed by atoms with Crippen molar-refractivity contribution in [1.82, 2.24) is 25.1 Å². The van der Waals surface area contributed by atoms with E-state index in [1.807, 2.05) is 24.3 Å². The molecule has 2 fully saturated rings. The Bertz CT molecular complexity index is 1490. The van der Waals surface area contributed by atoms with E-state index < -0.39 is 0 Å². The van der Waals surface area contributed by atoms with E-state index in [9.17, 15) is 9.59 Å². The molecular weight excluding hydrogens is 482 g/mol. The Morgan fingerprint density at radius 1 is 0.974 bits per heavy atom. The van der Waals surface area contributed by atoms with Crippen molar-refractivity contribution in [3.63, 3.8) is 0 Å². The average molecular weight is 512 g/mol. The van der Waals surface area contributed by atoms with Crippen molar-refractivity contribution in [3.05, 3.63) is 60.7 Å². The molecule has 1 aromatic carbocycles. The normalized spacial score (nSPS) is 16.3. The van der Waals surface area contributed by atoms with Gasteiger partial charge in [-0.3, -0.25) is 19.7 Å². The molecule has 38 heavy (non-hydrogen) atoms. The summed E-state index contributed by atoms with van der Waals surface area (Å²) in [5.74, 6) is 0.296. The lowest BCUT2D eigenvalue weighted by Crippen LogP contribution is -2.35. The predicted octanol–water partition coefficient (Wildman–Crippen LogP) is 4.09. The van der Waals surface area contributed by atoms with Crippen LogP contribution < -0.4 is 15.4 Å². The van der Waals surface area contributed by atoms with Gasteiger partial charge >= 0.3 is 0 Å². The van der Waals surface area contributed by atoms with Crippen molar-refractivity contribution in [3.8, 4) is 17.0 Å². The molecule has 1 saturated carbocycles. The summed E-state index contributed by atoms with van der Waals surface area (Å²) in [5.41, 5.74) is 3.95. The molecule has 3 N–H and O–H groups in total. The van der Waals surface area contributed by atoms with E-state index in [4.69, 9.17) is 4.74 Å². The second-order valence-corrected chi connectivity index (χ2v) is 10.0. The van der Waals surface area contributed by atoms with Gasteiger partial charge in [-0.25, -0.2) is 4.98 Å². The summed E-state index contributed by atoms with van der Waals surface area (Å²) in [4.78, 5) is 36.2. The summed E-state index contributed by atoms with van der Waals surface area (Å²) in [6.07, 6.45) is 8.88.